The van der Waals surface area contributed by atoms with Crippen molar-refractivity contribution in [3.63, 3.8) is 0 Å². The highest BCUT2D eigenvalue weighted by Crippen LogP contribution is 2.27. The number of nitrogens with one attached hydrogen (secondary N) is 1. The lowest BCUT2D eigenvalue weighted by Gasteiger charge is -2.36. The lowest BCUT2D eigenvalue weighted by atomic mass is 9.83. The third kappa shape index (κ3) is 4.94. The van der Waals surface area contributed by atoms with Crippen LogP contribution in [-0.2, 0) is 4.79 Å². The van der Waals surface area contributed by atoms with Crippen LogP contribution in [0, 0.1) is 0 Å². The molecule has 1 aliphatic carbocycles. The summed E-state index contributed by atoms with van der Waals surface area (Å²) in [5.41, 5.74) is -0.0869. The van der Waals surface area contributed by atoms with Gasteiger partial charge < -0.3 is 15.3 Å². The summed E-state index contributed by atoms with van der Waals surface area (Å²) >= 11 is 0. The highest BCUT2D eigenvalue weighted by molar-refractivity contribution is 5.74. The van der Waals surface area contributed by atoms with E-state index in [1.54, 1.807) is 11.9 Å². The summed E-state index contributed by atoms with van der Waals surface area (Å²) < 4.78 is 0. The van der Waals surface area contributed by atoms with Gasteiger partial charge in [-0.3, -0.25) is 4.79 Å². The van der Waals surface area contributed by atoms with Crippen molar-refractivity contribution in [3.05, 3.63) is 0 Å². The minimum atomic E-state index is -0.817. The summed E-state index contributed by atoms with van der Waals surface area (Å²) in [5.74, 6) is -0.817. The number of carbonyl (C=O) groups is 2. The number of urea groups is 1. The number of amides is 2. The standard InChI is InChI=1S/C13H24N2O3/c1-13(8-4-3-5-9-13)14-12(18)15(2)10-6-7-11(16)17/h3-10H2,1-2H3,(H,14,18)(H,16,17). The maximum atomic E-state index is 12.0. The van der Waals surface area contributed by atoms with Gasteiger partial charge in [-0.15, -0.1) is 0 Å². The molecule has 0 aromatic rings. The number of aliphatic carboxylic acids is 1. The van der Waals surface area contributed by atoms with Crippen LogP contribution in [0.15, 0.2) is 0 Å². The van der Waals surface area contributed by atoms with Crippen molar-refractivity contribution < 1.29 is 14.7 Å². The molecule has 1 saturated carbocycles. The smallest absolute Gasteiger partial charge is 0.317 e. The SMILES string of the molecule is CN(CCCC(=O)O)C(=O)NC1(C)CCCCC1. The van der Waals surface area contributed by atoms with E-state index in [0.29, 0.717) is 13.0 Å². The van der Waals surface area contributed by atoms with Crippen LogP contribution in [0.5, 0.6) is 0 Å². The van der Waals surface area contributed by atoms with Gasteiger partial charge in [0.05, 0.1) is 0 Å². The minimum Gasteiger partial charge on any atom is -0.481 e. The van der Waals surface area contributed by atoms with Crippen LogP contribution in [0.4, 0.5) is 4.79 Å². The Balaban J connectivity index is 2.32. The first-order chi connectivity index (χ1) is 8.43. The van der Waals surface area contributed by atoms with Crippen LogP contribution < -0.4 is 5.32 Å². The number of nitrogens with zero attached hydrogens (tertiary/aromatic N) is 1. The molecule has 0 bridgehead atoms. The van der Waals surface area contributed by atoms with Gasteiger partial charge >= 0.3 is 12.0 Å². The van der Waals surface area contributed by atoms with Crippen molar-refractivity contribution in [1.82, 2.24) is 10.2 Å². The van der Waals surface area contributed by atoms with Gasteiger partial charge in [0.25, 0.3) is 0 Å². The molecule has 5 nitrogen and oxygen atoms in total. The molecule has 5 heteroatoms. The largest absolute Gasteiger partial charge is 0.481 e. The van der Waals surface area contributed by atoms with E-state index < -0.39 is 5.97 Å². The Labute approximate surface area is 109 Å². The second kappa shape index (κ2) is 6.61. The Bertz CT molecular complexity index is 299. The first-order valence-electron chi connectivity index (χ1n) is 6.68. The molecule has 1 rings (SSSR count). The highest BCUT2D eigenvalue weighted by Gasteiger charge is 2.29. The second-order valence-electron chi connectivity index (χ2n) is 5.47. The molecule has 18 heavy (non-hydrogen) atoms. The maximum absolute atomic E-state index is 12.0. The third-order valence-corrected chi connectivity index (χ3v) is 3.60. The summed E-state index contributed by atoms with van der Waals surface area (Å²) in [6.07, 6.45) is 6.24. The topological polar surface area (TPSA) is 69.6 Å². The molecule has 0 heterocycles. The molecule has 0 radical (unpaired) electrons. The maximum Gasteiger partial charge on any atom is 0.317 e. The second-order valence-corrected chi connectivity index (χ2v) is 5.47. The zero-order valence-corrected chi connectivity index (χ0v) is 11.4. The Morgan fingerprint density at radius 3 is 2.44 bits per heavy atom. The quantitative estimate of drug-likeness (QED) is 0.792. The van der Waals surface area contributed by atoms with Crippen molar-refractivity contribution in [2.75, 3.05) is 13.6 Å². The summed E-state index contributed by atoms with van der Waals surface area (Å²) in [6, 6.07) is -0.0928. The fourth-order valence-corrected chi connectivity index (χ4v) is 2.38. The van der Waals surface area contributed by atoms with Gasteiger partial charge in [0.15, 0.2) is 0 Å². The average molecular weight is 256 g/mol. The van der Waals surface area contributed by atoms with Crippen molar-refractivity contribution in [2.24, 2.45) is 0 Å². The first kappa shape index (κ1) is 14.8. The first-order valence-corrected chi connectivity index (χ1v) is 6.68. The Kier molecular flexibility index (Phi) is 5.44. The summed E-state index contributed by atoms with van der Waals surface area (Å²) in [5, 5.41) is 11.6. The molecule has 0 saturated heterocycles. The molecular formula is C13H24N2O3. The van der Waals surface area contributed by atoms with Gasteiger partial charge in [-0.25, -0.2) is 4.79 Å². The van der Waals surface area contributed by atoms with E-state index in [1.165, 1.54) is 19.3 Å². The molecule has 0 spiro atoms. The minimum absolute atomic E-state index is 0.0869. The molecular weight excluding hydrogens is 232 g/mol. The molecule has 104 valence electrons. The van der Waals surface area contributed by atoms with Crippen molar-refractivity contribution >= 4 is 12.0 Å². The number of hydrogen-bond donors (Lipinski definition) is 2. The van der Waals surface area contributed by atoms with Crippen LogP contribution >= 0.6 is 0 Å². The lowest BCUT2D eigenvalue weighted by Crippen LogP contribution is -2.51. The number of carbonyl (C=O) groups excluding carboxylic acids is 1. The van der Waals surface area contributed by atoms with Crippen molar-refractivity contribution in [3.8, 4) is 0 Å². The van der Waals surface area contributed by atoms with Gasteiger partial charge in [-0.05, 0) is 26.2 Å². The zero-order valence-electron chi connectivity index (χ0n) is 11.4. The molecule has 0 atom stereocenters. The van der Waals surface area contributed by atoms with E-state index >= 15 is 0 Å². The highest BCUT2D eigenvalue weighted by atomic mass is 16.4. The van der Waals surface area contributed by atoms with Crippen LogP contribution in [0.1, 0.15) is 51.9 Å². The summed E-state index contributed by atoms with van der Waals surface area (Å²) in [7, 11) is 1.71. The van der Waals surface area contributed by atoms with Gasteiger partial charge in [-0.2, -0.15) is 0 Å². The van der Waals surface area contributed by atoms with E-state index in [0.717, 1.165) is 12.8 Å². The van der Waals surface area contributed by atoms with Crippen LogP contribution in [-0.4, -0.2) is 41.1 Å². The van der Waals surface area contributed by atoms with E-state index in [-0.39, 0.29) is 18.0 Å². The Hall–Kier alpha value is -1.26. The molecule has 1 fully saturated rings. The summed E-state index contributed by atoms with van der Waals surface area (Å²) in [6.45, 7) is 2.57. The van der Waals surface area contributed by atoms with E-state index in [2.05, 4.69) is 12.2 Å². The van der Waals surface area contributed by atoms with Crippen LogP contribution in [0.2, 0.25) is 0 Å². The lowest BCUT2D eigenvalue weighted by molar-refractivity contribution is -0.137. The molecule has 0 aliphatic heterocycles. The summed E-state index contributed by atoms with van der Waals surface area (Å²) in [4.78, 5) is 23.9. The average Bonchev–Trinajstić information content (AvgIpc) is 2.28. The predicted octanol–water partition coefficient (Wildman–Crippen LogP) is 2.22. The van der Waals surface area contributed by atoms with Gasteiger partial charge in [0.2, 0.25) is 0 Å². The number of hydrogen-bond acceptors (Lipinski definition) is 2. The molecule has 0 aromatic heterocycles. The van der Waals surface area contributed by atoms with Crippen LogP contribution in [0.3, 0.4) is 0 Å². The number of rotatable bonds is 5. The van der Waals surface area contributed by atoms with E-state index in [4.69, 9.17) is 5.11 Å². The number of carboxylic acid groups (broad SMARTS) is 1. The van der Waals surface area contributed by atoms with E-state index in [1.807, 2.05) is 0 Å². The molecule has 0 unspecified atom stereocenters. The fourth-order valence-electron chi connectivity index (χ4n) is 2.38. The number of carboxylic acids is 1. The Morgan fingerprint density at radius 1 is 1.28 bits per heavy atom. The fraction of sp³-hybridized carbons (Fsp3) is 0.846. The predicted molar refractivity (Wildman–Crippen MR) is 69.5 cm³/mol. The monoisotopic (exact) mass is 256 g/mol. The zero-order chi connectivity index (χ0) is 13.6. The van der Waals surface area contributed by atoms with Gasteiger partial charge in [0.1, 0.15) is 0 Å². The third-order valence-electron chi connectivity index (χ3n) is 3.60. The van der Waals surface area contributed by atoms with Gasteiger partial charge in [0, 0.05) is 25.6 Å². The normalized spacial score (nSPS) is 18.1. The van der Waals surface area contributed by atoms with Crippen LogP contribution in [0.25, 0.3) is 0 Å². The van der Waals surface area contributed by atoms with Gasteiger partial charge in [-0.1, -0.05) is 19.3 Å². The van der Waals surface area contributed by atoms with E-state index in [9.17, 15) is 9.59 Å². The van der Waals surface area contributed by atoms with Crippen molar-refractivity contribution in [2.45, 2.75) is 57.4 Å². The molecule has 1 aliphatic rings. The molecule has 0 aromatic carbocycles. The molecule has 2 N–H and O–H groups in total. The van der Waals surface area contributed by atoms with Crippen molar-refractivity contribution in [1.29, 1.82) is 0 Å². The Morgan fingerprint density at radius 2 is 1.89 bits per heavy atom. The molecule has 2 amide bonds.